The minimum Gasteiger partial charge on any atom is -0.381 e. The van der Waals surface area contributed by atoms with E-state index in [0.29, 0.717) is 6.04 Å². The molecule has 1 N–H and O–H groups in total. The fourth-order valence-electron chi connectivity index (χ4n) is 2.23. The SMILES string of the molecule is CCCOCCN1c2ccccc2NCC1C. The van der Waals surface area contributed by atoms with Gasteiger partial charge >= 0.3 is 0 Å². The van der Waals surface area contributed by atoms with Crippen LogP contribution in [-0.2, 0) is 4.74 Å². The Bertz CT molecular complexity index is 354. The molecule has 0 radical (unpaired) electrons. The average molecular weight is 234 g/mol. The van der Waals surface area contributed by atoms with E-state index in [9.17, 15) is 0 Å². The number of para-hydroxylation sites is 2. The summed E-state index contributed by atoms with van der Waals surface area (Å²) < 4.78 is 5.59. The van der Waals surface area contributed by atoms with Crippen LogP contribution in [0.15, 0.2) is 24.3 Å². The van der Waals surface area contributed by atoms with Gasteiger partial charge in [0, 0.05) is 25.7 Å². The summed E-state index contributed by atoms with van der Waals surface area (Å²) in [6, 6.07) is 9.01. The molecule has 0 saturated heterocycles. The Morgan fingerprint density at radius 3 is 3.00 bits per heavy atom. The van der Waals surface area contributed by atoms with Crippen molar-refractivity contribution >= 4 is 11.4 Å². The summed E-state index contributed by atoms with van der Waals surface area (Å²) >= 11 is 0. The molecule has 1 unspecified atom stereocenters. The maximum absolute atomic E-state index is 5.59. The fraction of sp³-hybridized carbons (Fsp3) is 0.571. The standard InChI is InChI=1S/C14H22N2O/c1-3-9-17-10-8-16-12(2)11-15-13-6-4-5-7-14(13)16/h4-7,12,15H,3,8-11H2,1-2H3. The third kappa shape index (κ3) is 2.91. The number of hydrogen-bond acceptors (Lipinski definition) is 3. The molecule has 3 nitrogen and oxygen atoms in total. The molecule has 0 spiro atoms. The highest BCUT2D eigenvalue weighted by Crippen LogP contribution is 2.30. The van der Waals surface area contributed by atoms with Crippen molar-refractivity contribution in [2.24, 2.45) is 0 Å². The molecule has 1 aromatic rings. The van der Waals surface area contributed by atoms with E-state index in [-0.39, 0.29) is 0 Å². The summed E-state index contributed by atoms with van der Waals surface area (Å²) in [4.78, 5) is 2.43. The number of ether oxygens (including phenoxy) is 1. The Balaban J connectivity index is 2.00. The van der Waals surface area contributed by atoms with E-state index in [1.54, 1.807) is 0 Å². The van der Waals surface area contributed by atoms with Crippen LogP contribution in [0.4, 0.5) is 11.4 Å². The molecule has 0 fully saturated rings. The van der Waals surface area contributed by atoms with Crippen LogP contribution in [0.1, 0.15) is 20.3 Å². The van der Waals surface area contributed by atoms with Gasteiger partial charge in [0.2, 0.25) is 0 Å². The summed E-state index contributed by atoms with van der Waals surface area (Å²) in [6.07, 6.45) is 1.09. The van der Waals surface area contributed by atoms with Crippen LogP contribution in [0.5, 0.6) is 0 Å². The Labute approximate surface area is 104 Å². The summed E-state index contributed by atoms with van der Waals surface area (Å²) in [7, 11) is 0. The highest BCUT2D eigenvalue weighted by Gasteiger charge is 2.21. The molecule has 1 heterocycles. The first-order valence-corrected chi connectivity index (χ1v) is 6.50. The van der Waals surface area contributed by atoms with E-state index in [0.717, 1.165) is 32.7 Å². The molecular formula is C14H22N2O. The van der Waals surface area contributed by atoms with E-state index < -0.39 is 0 Å². The van der Waals surface area contributed by atoms with E-state index in [4.69, 9.17) is 4.74 Å². The monoisotopic (exact) mass is 234 g/mol. The second-order valence-electron chi connectivity index (χ2n) is 4.55. The van der Waals surface area contributed by atoms with Gasteiger partial charge in [-0.1, -0.05) is 19.1 Å². The van der Waals surface area contributed by atoms with Crippen molar-refractivity contribution < 1.29 is 4.74 Å². The predicted molar refractivity (Wildman–Crippen MR) is 72.8 cm³/mol. The molecule has 1 aliphatic rings. The van der Waals surface area contributed by atoms with E-state index in [1.807, 2.05) is 0 Å². The van der Waals surface area contributed by atoms with Crippen molar-refractivity contribution in [3.63, 3.8) is 0 Å². The van der Waals surface area contributed by atoms with Gasteiger partial charge in [0.25, 0.3) is 0 Å². The van der Waals surface area contributed by atoms with E-state index in [1.165, 1.54) is 11.4 Å². The summed E-state index contributed by atoms with van der Waals surface area (Å²) in [6.45, 7) is 8.05. The number of nitrogens with one attached hydrogen (secondary N) is 1. The van der Waals surface area contributed by atoms with Crippen LogP contribution >= 0.6 is 0 Å². The van der Waals surface area contributed by atoms with E-state index >= 15 is 0 Å². The Morgan fingerprint density at radius 1 is 1.35 bits per heavy atom. The zero-order chi connectivity index (χ0) is 12.1. The first kappa shape index (κ1) is 12.2. The van der Waals surface area contributed by atoms with Crippen LogP contribution in [0.2, 0.25) is 0 Å². The van der Waals surface area contributed by atoms with Gasteiger partial charge in [0.1, 0.15) is 0 Å². The number of nitrogens with zero attached hydrogens (tertiary/aromatic N) is 1. The predicted octanol–water partition coefficient (Wildman–Crippen LogP) is 2.73. The molecule has 1 aromatic carbocycles. The molecule has 0 bridgehead atoms. The third-order valence-electron chi connectivity index (χ3n) is 3.16. The molecule has 1 atom stereocenters. The zero-order valence-electron chi connectivity index (χ0n) is 10.8. The lowest BCUT2D eigenvalue weighted by Gasteiger charge is -2.37. The fourth-order valence-corrected chi connectivity index (χ4v) is 2.23. The van der Waals surface area contributed by atoms with Crippen molar-refractivity contribution in [1.82, 2.24) is 0 Å². The van der Waals surface area contributed by atoms with Crippen molar-refractivity contribution in [1.29, 1.82) is 0 Å². The largest absolute Gasteiger partial charge is 0.381 e. The topological polar surface area (TPSA) is 24.5 Å². The normalized spacial score (nSPS) is 18.7. The molecule has 0 amide bonds. The van der Waals surface area contributed by atoms with Crippen molar-refractivity contribution in [2.75, 3.05) is 36.5 Å². The summed E-state index contributed by atoms with van der Waals surface area (Å²) in [5, 5.41) is 3.46. The Kier molecular flexibility index (Phi) is 4.26. The lowest BCUT2D eigenvalue weighted by molar-refractivity contribution is 0.139. The molecular weight excluding hydrogens is 212 g/mol. The van der Waals surface area contributed by atoms with Crippen molar-refractivity contribution in [3.05, 3.63) is 24.3 Å². The molecule has 17 heavy (non-hydrogen) atoms. The van der Waals surface area contributed by atoms with Crippen molar-refractivity contribution in [3.8, 4) is 0 Å². The van der Waals surface area contributed by atoms with Crippen LogP contribution < -0.4 is 10.2 Å². The van der Waals surface area contributed by atoms with Crippen LogP contribution in [0, 0.1) is 0 Å². The Hall–Kier alpha value is -1.22. The maximum Gasteiger partial charge on any atom is 0.0641 e. The molecule has 0 aromatic heterocycles. The van der Waals surface area contributed by atoms with Crippen molar-refractivity contribution in [2.45, 2.75) is 26.3 Å². The second-order valence-corrected chi connectivity index (χ2v) is 4.55. The summed E-state index contributed by atoms with van der Waals surface area (Å²) in [5.41, 5.74) is 2.53. The van der Waals surface area contributed by atoms with Gasteiger partial charge in [0.05, 0.1) is 18.0 Å². The quantitative estimate of drug-likeness (QED) is 0.793. The minimum absolute atomic E-state index is 0.523. The maximum atomic E-state index is 5.59. The second kappa shape index (κ2) is 5.92. The molecule has 1 aliphatic heterocycles. The minimum atomic E-state index is 0.523. The smallest absolute Gasteiger partial charge is 0.0641 e. The molecule has 3 heteroatoms. The third-order valence-corrected chi connectivity index (χ3v) is 3.16. The Morgan fingerprint density at radius 2 is 2.18 bits per heavy atom. The first-order valence-electron chi connectivity index (χ1n) is 6.50. The van der Waals surface area contributed by atoms with E-state index in [2.05, 4.69) is 48.3 Å². The number of rotatable bonds is 5. The van der Waals surface area contributed by atoms with Gasteiger partial charge < -0.3 is 15.0 Å². The molecule has 0 aliphatic carbocycles. The van der Waals surface area contributed by atoms with Gasteiger partial charge in [-0.05, 0) is 25.5 Å². The number of anilines is 2. The van der Waals surface area contributed by atoms with Gasteiger partial charge in [-0.3, -0.25) is 0 Å². The highest BCUT2D eigenvalue weighted by molar-refractivity contribution is 5.72. The molecule has 2 rings (SSSR count). The first-order chi connectivity index (χ1) is 8.33. The van der Waals surface area contributed by atoms with Gasteiger partial charge in [0.15, 0.2) is 0 Å². The number of hydrogen-bond donors (Lipinski definition) is 1. The van der Waals surface area contributed by atoms with Crippen LogP contribution in [0.3, 0.4) is 0 Å². The van der Waals surface area contributed by atoms with Gasteiger partial charge in [-0.2, -0.15) is 0 Å². The molecule has 0 saturated carbocycles. The number of fused-ring (bicyclic) bond motifs is 1. The average Bonchev–Trinajstić information content (AvgIpc) is 2.37. The van der Waals surface area contributed by atoms with Crippen LogP contribution in [-0.4, -0.2) is 32.3 Å². The summed E-state index contributed by atoms with van der Waals surface area (Å²) in [5.74, 6) is 0. The van der Waals surface area contributed by atoms with Gasteiger partial charge in [-0.25, -0.2) is 0 Å². The van der Waals surface area contributed by atoms with Gasteiger partial charge in [-0.15, -0.1) is 0 Å². The lowest BCUT2D eigenvalue weighted by atomic mass is 10.1. The highest BCUT2D eigenvalue weighted by atomic mass is 16.5. The number of benzene rings is 1. The lowest BCUT2D eigenvalue weighted by Crippen LogP contribution is -2.43. The molecule has 94 valence electrons. The zero-order valence-corrected chi connectivity index (χ0v) is 10.8. The van der Waals surface area contributed by atoms with Crippen LogP contribution in [0.25, 0.3) is 0 Å².